The minimum absolute atomic E-state index is 0.133. The molecule has 0 N–H and O–H groups in total. The fourth-order valence-corrected chi connectivity index (χ4v) is 4.15. The van der Waals surface area contributed by atoms with Gasteiger partial charge in [0.25, 0.3) is 5.91 Å². The summed E-state index contributed by atoms with van der Waals surface area (Å²) in [5, 5.41) is 10.4. The number of likely N-dealkylation sites (N-methyl/N-ethyl adjacent to an activating group) is 1. The number of thioether (sulfide) groups is 1. The molecule has 1 saturated heterocycles. The predicted octanol–water partition coefficient (Wildman–Crippen LogP) is 4.98. The summed E-state index contributed by atoms with van der Waals surface area (Å²) in [6.45, 7) is 0.166. The highest BCUT2D eigenvalue weighted by atomic mass is 35.5. The van der Waals surface area contributed by atoms with Gasteiger partial charge in [-0.3, -0.25) is 14.7 Å². The third-order valence-electron chi connectivity index (χ3n) is 4.02. The number of ether oxygens (including phenoxy) is 1. The van der Waals surface area contributed by atoms with E-state index in [4.69, 9.17) is 33.2 Å². The largest absolute Gasteiger partial charge is 0.486 e. The summed E-state index contributed by atoms with van der Waals surface area (Å²) in [5.74, 6) is 0.197. The Hall–Kier alpha value is -2.46. The number of hydrogen-bond donors (Lipinski definition) is 0. The van der Waals surface area contributed by atoms with Crippen LogP contribution in [0.15, 0.2) is 46.3 Å². The van der Waals surface area contributed by atoms with Crippen LogP contribution in [0.3, 0.4) is 0 Å². The second-order valence-electron chi connectivity index (χ2n) is 5.85. The maximum atomic E-state index is 12.3. The first-order valence-electron chi connectivity index (χ1n) is 8.18. The van der Waals surface area contributed by atoms with Crippen molar-refractivity contribution in [3.8, 4) is 11.8 Å². The first-order chi connectivity index (χ1) is 13.4. The monoisotopic (exact) mass is 431 g/mol. The molecule has 3 rings (SSSR count). The molecule has 1 aliphatic heterocycles. The van der Waals surface area contributed by atoms with Crippen LogP contribution in [0.1, 0.15) is 16.7 Å². The standard InChI is InChI=1S/C20H15Cl2N3O2S/c1-24-20-25(2)19(26)17(28-20)9-12-7-15(21)18(16(22)8-12)27-11-14-6-4-3-5-13(14)10-23/h3-9H,11H2,1-2H3/b17-9-,24-20?. The van der Waals surface area contributed by atoms with Gasteiger partial charge in [0, 0.05) is 19.7 Å². The Morgan fingerprint density at radius 1 is 1.29 bits per heavy atom. The number of benzene rings is 2. The molecule has 0 unspecified atom stereocenters. The van der Waals surface area contributed by atoms with E-state index < -0.39 is 0 Å². The van der Waals surface area contributed by atoms with Crippen molar-refractivity contribution in [2.45, 2.75) is 6.61 Å². The highest BCUT2D eigenvalue weighted by Gasteiger charge is 2.29. The molecular formula is C20H15Cl2N3O2S. The van der Waals surface area contributed by atoms with Crippen molar-refractivity contribution in [2.75, 3.05) is 14.1 Å². The normalized spacial score (nSPS) is 16.7. The van der Waals surface area contributed by atoms with Crippen molar-refractivity contribution in [2.24, 2.45) is 4.99 Å². The van der Waals surface area contributed by atoms with Gasteiger partial charge in [-0.25, -0.2) is 0 Å². The lowest BCUT2D eigenvalue weighted by molar-refractivity contribution is -0.121. The van der Waals surface area contributed by atoms with Crippen LogP contribution in [0.2, 0.25) is 10.0 Å². The number of carbonyl (C=O) groups excluding carboxylic acids is 1. The van der Waals surface area contributed by atoms with E-state index in [-0.39, 0.29) is 12.5 Å². The molecular weight excluding hydrogens is 417 g/mol. The van der Waals surface area contributed by atoms with Crippen molar-refractivity contribution in [1.82, 2.24) is 4.90 Å². The number of aliphatic imine (C=N–C) groups is 1. The molecule has 1 amide bonds. The van der Waals surface area contributed by atoms with Gasteiger partial charge in [0.05, 0.1) is 26.6 Å². The summed E-state index contributed by atoms with van der Waals surface area (Å²) in [5.41, 5.74) is 1.96. The SMILES string of the molecule is CN=C1S/C(=C\c2cc(Cl)c(OCc3ccccc3C#N)c(Cl)c2)C(=O)N1C. The van der Waals surface area contributed by atoms with Crippen molar-refractivity contribution in [1.29, 1.82) is 5.26 Å². The second-order valence-corrected chi connectivity index (χ2v) is 7.68. The molecule has 2 aromatic rings. The van der Waals surface area contributed by atoms with Gasteiger partial charge >= 0.3 is 0 Å². The molecule has 0 saturated carbocycles. The predicted molar refractivity (Wildman–Crippen MR) is 114 cm³/mol. The van der Waals surface area contributed by atoms with Gasteiger partial charge in [-0.15, -0.1) is 0 Å². The second kappa shape index (κ2) is 8.70. The number of halogens is 2. The van der Waals surface area contributed by atoms with Gasteiger partial charge in [-0.05, 0) is 41.6 Å². The van der Waals surface area contributed by atoms with Crippen LogP contribution >= 0.6 is 35.0 Å². The number of rotatable bonds is 4. The maximum absolute atomic E-state index is 12.3. The number of carbonyl (C=O) groups is 1. The van der Waals surface area contributed by atoms with Gasteiger partial charge in [-0.1, -0.05) is 41.4 Å². The Morgan fingerprint density at radius 3 is 2.57 bits per heavy atom. The number of nitriles is 1. The zero-order valence-electron chi connectivity index (χ0n) is 15.1. The fourth-order valence-electron chi connectivity index (χ4n) is 2.61. The number of nitrogens with zero attached hydrogens (tertiary/aromatic N) is 3. The molecule has 1 heterocycles. The van der Waals surface area contributed by atoms with Crippen LogP contribution in [-0.4, -0.2) is 30.1 Å². The van der Waals surface area contributed by atoms with Crippen LogP contribution in [0, 0.1) is 11.3 Å². The van der Waals surface area contributed by atoms with Crippen molar-refractivity contribution in [3.63, 3.8) is 0 Å². The van der Waals surface area contributed by atoms with Crippen LogP contribution in [0.25, 0.3) is 6.08 Å². The average molecular weight is 432 g/mol. The number of amidine groups is 1. The van der Waals surface area contributed by atoms with E-state index in [2.05, 4.69) is 11.1 Å². The molecule has 0 aromatic heterocycles. The molecule has 28 heavy (non-hydrogen) atoms. The number of hydrogen-bond acceptors (Lipinski definition) is 5. The molecule has 1 aliphatic rings. The molecule has 142 valence electrons. The lowest BCUT2D eigenvalue weighted by atomic mass is 10.1. The van der Waals surface area contributed by atoms with Gasteiger partial charge in [-0.2, -0.15) is 5.26 Å². The van der Waals surface area contributed by atoms with Crippen LogP contribution < -0.4 is 4.74 Å². The smallest absolute Gasteiger partial charge is 0.266 e. The molecule has 0 spiro atoms. The van der Waals surface area contributed by atoms with Crippen LogP contribution in [-0.2, 0) is 11.4 Å². The van der Waals surface area contributed by atoms with Crippen molar-refractivity contribution >= 4 is 52.1 Å². The Bertz CT molecular complexity index is 1020. The first-order valence-corrected chi connectivity index (χ1v) is 9.76. The van der Waals surface area contributed by atoms with E-state index in [0.717, 1.165) is 5.56 Å². The van der Waals surface area contributed by atoms with E-state index in [1.54, 1.807) is 44.4 Å². The van der Waals surface area contributed by atoms with Crippen molar-refractivity contribution in [3.05, 3.63) is 68.0 Å². The van der Waals surface area contributed by atoms with Crippen LogP contribution in [0.5, 0.6) is 5.75 Å². The minimum Gasteiger partial charge on any atom is -0.486 e. The summed E-state index contributed by atoms with van der Waals surface area (Å²) in [6.07, 6.45) is 1.72. The van der Waals surface area contributed by atoms with Crippen molar-refractivity contribution < 1.29 is 9.53 Å². The summed E-state index contributed by atoms with van der Waals surface area (Å²) in [6, 6.07) is 12.6. The minimum atomic E-state index is -0.133. The molecule has 0 aliphatic carbocycles. The Balaban J connectivity index is 1.83. The topological polar surface area (TPSA) is 65.7 Å². The quantitative estimate of drug-likeness (QED) is 0.640. The first kappa shape index (κ1) is 20.3. The fraction of sp³-hybridized carbons (Fsp3) is 0.150. The molecule has 1 fully saturated rings. The highest BCUT2D eigenvalue weighted by molar-refractivity contribution is 8.18. The van der Waals surface area contributed by atoms with Gasteiger partial charge in [0.2, 0.25) is 0 Å². The molecule has 8 heteroatoms. The molecule has 2 aromatic carbocycles. The summed E-state index contributed by atoms with van der Waals surface area (Å²) >= 11 is 14.0. The van der Waals surface area contributed by atoms with Gasteiger partial charge in [0.15, 0.2) is 10.9 Å². The Kier molecular flexibility index (Phi) is 6.30. The third-order valence-corrected chi connectivity index (χ3v) is 5.74. The van der Waals surface area contributed by atoms with Gasteiger partial charge < -0.3 is 4.74 Å². The average Bonchev–Trinajstić information content (AvgIpc) is 2.95. The van der Waals surface area contributed by atoms with E-state index in [1.165, 1.54) is 16.7 Å². The Morgan fingerprint density at radius 2 is 1.96 bits per heavy atom. The van der Waals surface area contributed by atoms with E-state index >= 15 is 0 Å². The summed E-state index contributed by atoms with van der Waals surface area (Å²) < 4.78 is 5.76. The van der Waals surface area contributed by atoms with E-state index in [0.29, 0.717) is 37.0 Å². The zero-order chi connectivity index (χ0) is 20.3. The van der Waals surface area contributed by atoms with Gasteiger partial charge in [0.1, 0.15) is 6.61 Å². The van der Waals surface area contributed by atoms with E-state index in [9.17, 15) is 4.79 Å². The summed E-state index contributed by atoms with van der Waals surface area (Å²) in [4.78, 5) is 18.4. The third kappa shape index (κ3) is 4.17. The Labute approximate surface area is 177 Å². The summed E-state index contributed by atoms with van der Waals surface area (Å²) in [7, 11) is 3.31. The van der Waals surface area contributed by atoms with E-state index in [1.807, 2.05) is 12.1 Å². The molecule has 0 radical (unpaired) electrons. The highest BCUT2D eigenvalue weighted by Crippen LogP contribution is 2.37. The lowest BCUT2D eigenvalue weighted by Crippen LogP contribution is -2.23. The molecule has 0 atom stereocenters. The molecule has 0 bridgehead atoms. The lowest BCUT2D eigenvalue weighted by Gasteiger charge is -2.12. The maximum Gasteiger partial charge on any atom is 0.266 e. The number of amides is 1. The molecule has 5 nitrogen and oxygen atoms in total. The zero-order valence-corrected chi connectivity index (χ0v) is 17.4. The van der Waals surface area contributed by atoms with Crippen LogP contribution in [0.4, 0.5) is 0 Å².